The standard InChI is InChI=1S/C34H26N2O/c1-37-34-22-12-26(13-23-34)24-30(25-35)29-16-14-27(15-17-29)28-18-20-33(21-19-28)36(31-8-4-2-5-9-31)32-10-6-3-7-11-32/h2-24H,1H3/b30-24+. The number of ether oxygens (including phenoxy) is 1. The molecule has 0 saturated heterocycles. The third kappa shape index (κ3) is 5.45. The van der Waals surface area contributed by atoms with Gasteiger partial charge in [0, 0.05) is 17.1 Å². The zero-order chi connectivity index (χ0) is 25.5. The van der Waals surface area contributed by atoms with Gasteiger partial charge in [-0.05, 0) is 76.9 Å². The summed E-state index contributed by atoms with van der Waals surface area (Å²) < 4.78 is 5.22. The smallest absolute Gasteiger partial charge is 0.118 e. The molecule has 3 heteroatoms. The maximum Gasteiger partial charge on any atom is 0.118 e. The summed E-state index contributed by atoms with van der Waals surface area (Å²) in [4.78, 5) is 2.25. The van der Waals surface area contributed by atoms with Crippen molar-refractivity contribution in [1.29, 1.82) is 5.26 Å². The van der Waals surface area contributed by atoms with Crippen molar-refractivity contribution in [2.24, 2.45) is 0 Å². The van der Waals surface area contributed by atoms with E-state index in [0.29, 0.717) is 5.57 Å². The fourth-order valence-corrected chi connectivity index (χ4v) is 4.29. The molecular formula is C34H26N2O. The molecular weight excluding hydrogens is 452 g/mol. The van der Waals surface area contributed by atoms with E-state index < -0.39 is 0 Å². The first kappa shape index (κ1) is 23.7. The van der Waals surface area contributed by atoms with Crippen LogP contribution < -0.4 is 9.64 Å². The number of nitriles is 1. The van der Waals surface area contributed by atoms with Gasteiger partial charge in [0.25, 0.3) is 0 Å². The second-order valence-corrected chi connectivity index (χ2v) is 8.57. The summed E-state index contributed by atoms with van der Waals surface area (Å²) in [6.07, 6.45) is 1.89. The molecule has 0 aromatic heterocycles. The molecule has 0 heterocycles. The first-order valence-electron chi connectivity index (χ1n) is 12.1. The Balaban J connectivity index is 1.40. The number of anilines is 3. The second kappa shape index (κ2) is 11.1. The molecule has 0 amide bonds. The summed E-state index contributed by atoms with van der Waals surface area (Å²) in [6, 6.07) is 47.5. The largest absolute Gasteiger partial charge is 0.497 e. The molecule has 37 heavy (non-hydrogen) atoms. The van der Waals surface area contributed by atoms with Gasteiger partial charge in [0.1, 0.15) is 5.75 Å². The van der Waals surface area contributed by atoms with Crippen molar-refractivity contribution in [3.8, 4) is 22.9 Å². The van der Waals surface area contributed by atoms with Crippen LogP contribution >= 0.6 is 0 Å². The highest BCUT2D eigenvalue weighted by Gasteiger charge is 2.12. The first-order chi connectivity index (χ1) is 18.2. The molecule has 0 fully saturated rings. The van der Waals surface area contributed by atoms with Gasteiger partial charge in [0.15, 0.2) is 0 Å². The number of allylic oxidation sites excluding steroid dienone is 1. The number of para-hydroxylation sites is 2. The van der Waals surface area contributed by atoms with Crippen LogP contribution in [0.15, 0.2) is 133 Å². The molecule has 0 saturated carbocycles. The highest BCUT2D eigenvalue weighted by molar-refractivity contribution is 5.90. The molecule has 0 atom stereocenters. The number of nitrogens with zero attached hydrogens (tertiary/aromatic N) is 2. The summed E-state index contributed by atoms with van der Waals surface area (Å²) >= 11 is 0. The Morgan fingerprint density at radius 1 is 0.622 bits per heavy atom. The Kier molecular flexibility index (Phi) is 7.11. The SMILES string of the molecule is COc1ccc(/C=C(\C#N)c2ccc(-c3ccc(N(c4ccccc4)c4ccccc4)cc3)cc2)cc1. The van der Waals surface area contributed by atoms with Crippen molar-refractivity contribution >= 4 is 28.7 Å². The fraction of sp³-hybridized carbons (Fsp3) is 0.0294. The first-order valence-corrected chi connectivity index (χ1v) is 12.1. The van der Waals surface area contributed by atoms with Gasteiger partial charge in [-0.2, -0.15) is 5.26 Å². The molecule has 0 radical (unpaired) electrons. The van der Waals surface area contributed by atoms with E-state index in [0.717, 1.165) is 45.1 Å². The summed E-state index contributed by atoms with van der Waals surface area (Å²) in [5.41, 5.74) is 7.99. The minimum absolute atomic E-state index is 0.619. The van der Waals surface area contributed by atoms with Crippen LogP contribution in [0.4, 0.5) is 17.1 Å². The summed E-state index contributed by atoms with van der Waals surface area (Å²) in [5, 5.41) is 9.75. The summed E-state index contributed by atoms with van der Waals surface area (Å²) in [6.45, 7) is 0. The van der Waals surface area contributed by atoms with Gasteiger partial charge in [0.05, 0.1) is 18.8 Å². The molecule has 5 rings (SSSR count). The lowest BCUT2D eigenvalue weighted by atomic mass is 9.99. The molecule has 0 spiro atoms. The van der Waals surface area contributed by atoms with Crippen molar-refractivity contribution < 1.29 is 4.74 Å². The maximum atomic E-state index is 9.75. The Labute approximate surface area is 218 Å². The molecule has 178 valence electrons. The van der Waals surface area contributed by atoms with E-state index in [1.165, 1.54) is 0 Å². The van der Waals surface area contributed by atoms with E-state index in [4.69, 9.17) is 4.74 Å². The Morgan fingerprint density at radius 2 is 1.11 bits per heavy atom. The van der Waals surface area contributed by atoms with Crippen molar-refractivity contribution in [1.82, 2.24) is 0 Å². The Morgan fingerprint density at radius 3 is 1.59 bits per heavy atom. The van der Waals surface area contributed by atoms with Crippen LogP contribution in [0.3, 0.4) is 0 Å². The quantitative estimate of drug-likeness (QED) is 0.173. The van der Waals surface area contributed by atoms with Crippen LogP contribution in [0, 0.1) is 11.3 Å². The predicted octanol–water partition coefficient (Wildman–Crippen LogP) is 8.90. The van der Waals surface area contributed by atoms with Gasteiger partial charge in [-0.25, -0.2) is 0 Å². The van der Waals surface area contributed by atoms with Gasteiger partial charge in [-0.15, -0.1) is 0 Å². The number of benzene rings is 5. The van der Waals surface area contributed by atoms with E-state index in [9.17, 15) is 5.26 Å². The summed E-state index contributed by atoms with van der Waals surface area (Å²) in [7, 11) is 1.64. The Bertz CT molecular complexity index is 1480. The van der Waals surface area contributed by atoms with E-state index in [2.05, 4.69) is 95.9 Å². The van der Waals surface area contributed by atoms with E-state index in [1.807, 2.05) is 54.6 Å². The van der Waals surface area contributed by atoms with Crippen LogP contribution in [-0.2, 0) is 0 Å². The Hall–Kier alpha value is -5.07. The molecule has 3 nitrogen and oxygen atoms in total. The lowest BCUT2D eigenvalue weighted by molar-refractivity contribution is 0.415. The van der Waals surface area contributed by atoms with Crippen molar-refractivity contribution in [3.63, 3.8) is 0 Å². The topological polar surface area (TPSA) is 36.3 Å². The normalized spacial score (nSPS) is 11.0. The lowest BCUT2D eigenvalue weighted by Gasteiger charge is -2.25. The third-order valence-corrected chi connectivity index (χ3v) is 6.23. The number of hydrogen-bond donors (Lipinski definition) is 0. The van der Waals surface area contributed by atoms with Crippen molar-refractivity contribution in [2.75, 3.05) is 12.0 Å². The number of hydrogen-bond acceptors (Lipinski definition) is 3. The average Bonchev–Trinajstić information content (AvgIpc) is 2.98. The molecule has 0 aliphatic carbocycles. The van der Waals surface area contributed by atoms with Gasteiger partial charge in [-0.3, -0.25) is 0 Å². The van der Waals surface area contributed by atoms with E-state index in [1.54, 1.807) is 7.11 Å². The van der Waals surface area contributed by atoms with Gasteiger partial charge in [0.2, 0.25) is 0 Å². The van der Waals surface area contributed by atoms with Crippen LogP contribution in [0.2, 0.25) is 0 Å². The molecule has 0 aliphatic rings. The predicted molar refractivity (Wildman–Crippen MR) is 153 cm³/mol. The number of rotatable bonds is 7. The average molecular weight is 479 g/mol. The molecule has 5 aromatic carbocycles. The maximum absolute atomic E-state index is 9.75. The van der Waals surface area contributed by atoms with Gasteiger partial charge in [-0.1, -0.05) is 84.9 Å². The van der Waals surface area contributed by atoms with Gasteiger partial charge >= 0.3 is 0 Å². The van der Waals surface area contributed by atoms with E-state index in [-0.39, 0.29) is 0 Å². The molecule has 0 unspecified atom stereocenters. The fourth-order valence-electron chi connectivity index (χ4n) is 4.29. The molecule has 0 aliphatic heterocycles. The monoisotopic (exact) mass is 478 g/mol. The minimum Gasteiger partial charge on any atom is -0.497 e. The van der Waals surface area contributed by atoms with Crippen molar-refractivity contribution in [3.05, 3.63) is 145 Å². The van der Waals surface area contributed by atoms with E-state index >= 15 is 0 Å². The third-order valence-electron chi connectivity index (χ3n) is 6.23. The lowest BCUT2D eigenvalue weighted by Crippen LogP contribution is -2.09. The van der Waals surface area contributed by atoms with Crippen LogP contribution in [-0.4, -0.2) is 7.11 Å². The number of methoxy groups -OCH3 is 1. The van der Waals surface area contributed by atoms with Gasteiger partial charge < -0.3 is 9.64 Å². The second-order valence-electron chi connectivity index (χ2n) is 8.57. The van der Waals surface area contributed by atoms with Crippen LogP contribution in [0.1, 0.15) is 11.1 Å². The minimum atomic E-state index is 0.619. The zero-order valence-electron chi connectivity index (χ0n) is 20.6. The highest BCUT2D eigenvalue weighted by Crippen LogP contribution is 2.35. The van der Waals surface area contributed by atoms with Crippen LogP contribution in [0.5, 0.6) is 5.75 Å². The van der Waals surface area contributed by atoms with Crippen LogP contribution in [0.25, 0.3) is 22.8 Å². The zero-order valence-corrected chi connectivity index (χ0v) is 20.6. The van der Waals surface area contributed by atoms with Crippen molar-refractivity contribution in [2.45, 2.75) is 0 Å². The molecule has 5 aromatic rings. The molecule has 0 bridgehead atoms. The highest BCUT2D eigenvalue weighted by atomic mass is 16.5. The molecule has 0 N–H and O–H groups in total. The summed E-state index contributed by atoms with van der Waals surface area (Å²) in [5.74, 6) is 0.793.